The van der Waals surface area contributed by atoms with Crippen LogP contribution in [0, 0.1) is 0 Å². The van der Waals surface area contributed by atoms with Crippen LogP contribution >= 0.6 is 0 Å². The Balaban J connectivity index is 1.69. The minimum atomic E-state index is -1.07. The SMILES string of the molecule is O=C(NC(C(=O)OCC(=O)N1CCCC1=O)c1ccccc1)c1ccccc1. The summed E-state index contributed by atoms with van der Waals surface area (Å²) in [6.07, 6.45) is 0.928. The van der Waals surface area contributed by atoms with Crippen LogP contribution < -0.4 is 5.32 Å². The molecule has 0 aliphatic carbocycles. The quantitative estimate of drug-likeness (QED) is 0.772. The summed E-state index contributed by atoms with van der Waals surface area (Å²) < 4.78 is 5.12. The van der Waals surface area contributed by atoms with Crippen LogP contribution in [-0.2, 0) is 19.1 Å². The molecule has 3 amide bonds. The van der Waals surface area contributed by atoms with Gasteiger partial charge in [-0.1, -0.05) is 48.5 Å². The molecule has 0 radical (unpaired) electrons. The van der Waals surface area contributed by atoms with E-state index in [1.807, 2.05) is 0 Å². The van der Waals surface area contributed by atoms with Crippen molar-refractivity contribution in [3.05, 3.63) is 71.8 Å². The Morgan fingerprint density at radius 3 is 2.25 bits per heavy atom. The van der Waals surface area contributed by atoms with Crippen molar-refractivity contribution in [1.82, 2.24) is 10.2 Å². The molecule has 0 bridgehead atoms. The highest BCUT2D eigenvalue weighted by Gasteiger charge is 2.29. The van der Waals surface area contributed by atoms with Crippen LogP contribution in [0.5, 0.6) is 0 Å². The van der Waals surface area contributed by atoms with Gasteiger partial charge in [0.25, 0.3) is 11.8 Å². The van der Waals surface area contributed by atoms with Gasteiger partial charge in [0.2, 0.25) is 5.91 Å². The van der Waals surface area contributed by atoms with E-state index in [2.05, 4.69) is 5.32 Å². The molecule has 1 atom stereocenters. The molecule has 0 spiro atoms. The summed E-state index contributed by atoms with van der Waals surface area (Å²) in [7, 11) is 0. The summed E-state index contributed by atoms with van der Waals surface area (Å²) in [5.41, 5.74) is 0.927. The Kier molecular flexibility index (Phi) is 6.16. The molecule has 7 nitrogen and oxygen atoms in total. The van der Waals surface area contributed by atoms with E-state index in [0.717, 1.165) is 4.90 Å². The van der Waals surface area contributed by atoms with Crippen LogP contribution in [0.15, 0.2) is 60.7 Å². The first-order chi connectivity index (χ1) is 13.6. The van der Waals surface area contributed by atoms with E-state index < -0.39 is 30.4 Å². The first-order valence-corrected chi connectivity index (χ1v) is 8.97. The highest BCUT2D eigenvalue weighted by Crippen LogP contribution is 2.16. The Labute approximate surface area is 162 Å². The summed E-state index contributed by atoms with van der Waals surface area (Å²) in [6.45, 7) is -0.211. The van der Waals surface area contributed by atoms with E-state index in [4.69, 9.17) is 4.74 Å². The average molecular weight is 380 g/mol. The summed E-state index contributed by atoms with van der Waals surface area (Å²) in [5.74, 6) is -2.03. The summed E-state index contributed by atoms with van der Waals surface area (Å²) in [4.78, 5) is 49.9. The van der Waals surface area contributed by atoms with Crippen LogP contribution in [-0.4, -0.2) is 41.7 Å². The molecule has 1 aliphatic rings. The summed E-state index contributed by atoms with van der Waals surface area (Å²) >= 11 is 0. The first kappa shape index (κ1) is 19.3. The number of hydrogen-bond acceptors (Lipinski definition) is 5. The Bertz CT molecular complexity index is 867. The maximum Gasteiger partial charge on any atom is 0.333 e. The van der Waals surface area contributed by atoms with Crippen LogP contribution in [0.4, 0.5) is 0 Å². The highest BCUT2D eigenvalue weighted by molar-refractivity contribution is 5.99. The number of benzene rings is 2. The average Bonchev–Trinajstić information content (AvgIpc) is 3.17. The molecule has 1 heterocycles. The molecule has 0 aromatic heterocycles. The molecule has 28 heavy (non-hydrogen) atoms. The molecule has 144 valence electrons. The Morgan fingerprint density at radius 1 is 1.00 bits per heavy atom. The molecule has 7 heteroatoms. The van der Waals surface area contributed by atoms with E-state index in [1.165, 1.54) is 0 Å². The molecule has 0 saturated carbocycles. The lowest BCUT2D eigenvalue weighted by Gasteiger charge is -2.19. The zero-order valence-electron chi connectivity index (χ0n) is 15.2. The fourth-order valence-electron chi connectivity index (χ4n) is 2.93. The molecule has 1 unspecified atom stereocenters. The molecule has 1 saturated heterocycles. The van der Waals surface area contributed by atoms with Crippen LogP contribution in [0.2, 0.25) is 0 Å². The van der Waals surface area contributed by atoms with Crippen LogP contribution in [0.3, 0.4) is 0 Å². The monoisotopic (exact) mass is 380 g/mol. The van der Waals surface area contributed by atoms with Crippen molar-refractivity contribution in [1.29, 1.82) is 0 Å². The second-order valence-corrected chi connectivity index (χ2v) is 6.33. The van der Waals surface area contributed by atoms with Gasteiger partial charge in [0.1, 0.15) is 0 Å². The third-order valence-corrected chi connectivity index (χ3v) is 4.39. The normalized spacial score (nSPS) is 14.4. The maximum absolute atomic E-state index is 12.6. The van der Waals surface area contributed by atoms with Gasteiger partial charge < -0.3 is 10.1 Å². The number of nitrogens with one attached hydrogen (secondary N) is 1. The molecule has 1 fully saturated rings. The number of ether oxygens (including phenoxy) is 1. The van der Waals surface area contributed by atoms with Crippen LogP contribution in [0.1, 0.15) is 34.8 Å². The Morgan fingerprint density at radius 2 is 1.64 bits per heavy atom. The number of carbonyl (C=O) groups excluding carboxylic acids is 4. The molecule has 3 rings (SSSR count). The van der Waals surface area contributed by atoms with E-state index in [9.17, 15) is 19.2 Å². The highest BCUT2D eigenvalue weighted by atomic mass is 16.5. The summed E-state index contributed by atoms with van der Waals surface area (Å²) in [6, 6.07) is 16.0. The molecule has 2 aromatic carbocycles. The topological polar surface area (TPSA) is 92.8 Å². The number of esters is 1. The molecular weight excluding hydrogens is 360 g/mol. The second-order valence-electron chi connectivity index (χ2n) is 6.33. The van der Waals surface area contributed by atoms with Crippen molar-refractivity contribution in [3.63, 3.8) is 0 Å². The van der Waals surface area contributed by atoms with Gasteiger partial charge >= 0.3 is 5.97 Å². The predicted octanol–water partition coefficient (Wildman–Crippen LogP) is 1.85. The fraction of sp³-hybridized carbons (Fsp3) is 0.238. The van der Waals surface area contributed by atoms with Gasteiger partial charge in [-0.3, -0.25) is 19.3 Å². The lowest BCUT2D eigenvalue weighted by atomic mass is 10.1. The Hall–Kier alpha value is -3.48. The number of amides is 3. The third-order valence-electron chi connectivity index (χ3n) is 4.39. The van der Waals surface area contributed by atoms with Gasteiger partial charge in [0.15, 0.2) is 12.6 Å². The van der Waals surface area contributed by atoms with E-state index >= 15 is 0 Å². The maximum atomic E-state index is 12.6. The van der Waals surface area contributed by atoms with Gasteiger partial charge in [0.05, 0.1) is 0 Å². The van der Waals surface area contributed by atoms with Crippen molar-refractivity contribution < 1.29 is 23.9 Å². The largest absolute Gasteiger partial charge is 0.454 e. The van der Waals surface area contributed by atoms with Crippen molar-refractivity contribution in [3.8, 4) is 0 Å². The van der Waals surface area contributed by atoms with Crippen molar-refractivity contribution >= 4 is 23.7 Å². The van der Waals surface area contributed by atoms with Crippen molar-refractivity contribution in [2.45, 2.75) is 18.9 Å². The molecule has 1 aliphatic heterocycles. The van der Waals surface area contributed by atoms with Gasteiger partial charge in [-0.15, -0.1) is 0 Å². The lowest BCUT2D eigenvalue weighted by Crippen LogP contribution is -2.38. The zero-order chi connectivity index (χ0) is 19.9. The number of imide groups is 1. The number of rotatable bonds is 6. The summed E-state index contributed by atoms with van der Waals surface area (Å²) in [5, 5.41) is 2.65. The number of hydrogen-bond donors (Lipinski definition) is 1. The fourth-order valence-corrected chi connectivity index (χ4v) is 2.93. The molecular formula is C21H20N2O5. The predicted molar refractivity (Wildman–Crippen MR) is 100 cm³/mol. The zero-order valence-corrected chi connectivity index (χ0v) is 15.2. The molecule has 2 aromatic rings. The lowest BCUT2D eigenvalue weighted by molar-refractivity contribution is -0.156. The number of carbonyl (C=O) groups is 4. The molecule has 1 N–H and O–H groups in total. The van der Waals surface area contributed by atoms with Gasteiger partial charge in [-0.25, -0.2) is 4.79 Å². The standard InChI is InChI=1S/C21H20N2O5/c24-17-12-7-13-23(17)18(25)14-28-21(27)19(15-8-3-1-4-9-15)22-20(26)16-10-5-2-6-11-16/h1-6,8-11,19H,7,12-14H2,(H,22,26). The van der Waals surface area contributed by atoms with Crippen molar-refractivity contribution in [2.75, 3.05) is 13.2 Å². The first-order valence-electron chi connectivity index (χ1n) is 8.97. The minimum Gasteiger partial charge on any atom is -0.454 e. The third kappa shape index (κ3) is 4.62. The van der Waals surface area contributed by atoms with E-state index in [0.29, 0.717) is 30.5 Å². The van der Waals surface area contributed by atoms with Gasteiger partial charge in [-0.2, -0.15) is 0 Å². The van der Waals surface area contributed by atoms with Gasteiger partial charge in [0, 0.05) is 18.5 Å². The number of likely N-dealkylation sites (tertiary alicyclic amines) is 1. The number of nitrogens with zero attached hydrogens (tertiary/aromatic N) is 1. The second kappa shape index (κ2) is 8.94. The van der Waals surface area contributed by atoms with Crippen molar-refractivity contribution in [2.24, 2.45) is 0 Å². The smallest absolute Gasteiger partial charge is 0.333 e. The van der Waals surface area contributed by atoms with E-state index in [-0.39, 0.29) is 5.91 Å². The van der Waals surface area contributed by atoms with Gasteiger partial charge in [-0.05, 0) is 24.1 Å². The van der Waals surface area contributed by atoms with E-state index in [1.54, 1.807) is 60.7 Å². The van der Waals surface area contributed by atoms with Crippen LogP contribution in [0.25, 0.3) is 0 Å². The minimum absolute atomic E-state index is 0.266.